The summed E-state index contributed by atoms with van der Waals surface area (Å²) >= 11 is 1.64. The van der Waals surface area contributed by atoms with Crippen molar-refractivity contribution in [3.63, 3.8) is 0 Å². The highest BCUT2D eigenvalue weighted by atomic mass is 32.2. The van der Waals surface area contributed by atoms with Crippen molar-refractivity contribution in [3.05, 3.63) is 59.3 Å². The molecule has 8 nitrogen and oxygen atoms in total. The Morgan fingerprint density at radius 2 is 2.09 bits per heavy atom. The Hall–Kier alpha value is -3.05. The number of anilines is 1. The highest BCUT2D eigenvalue weighted by molar-refractivity contribution is 7.99. The van der Waals surface area contributed by atoms with Crippen LogP contribution < -0.4 is 5.32 Å². The molecule has 0 aromatic carbocycles. The van der Waals surface area contributed by atoms with Gasteiger partial charge in [-0.05, 0) is 18.2 Å². The number of nitrogens with zero attached hydrogens (tertiary/aromatic N) is 4. The topological polar surface area (TPSA) is 95.6 Å². The second-order valence-electron chi connectivity index (χ2n) is 7.41. The van der Waals surface area contributed by atoms with Gasteiger partial charge in [-0.15, -0.1) is 11.8 Å². The normalized spacial score (nSPS) is 14.3. The summed E-state index contributed by atoms with van der Waals surface area (Å²) < 4.78 is 34.5. The van der Waals surface area contributed by atoms with Crippen molar-refractivity contribution in [2.45, 2.75) is 13.3 Å². The molecule has 33 heavy (non-hydrogen) atoms. The summed E-state index contributed by atoms with van der Waals surface area (Å²) in [6, 6.07) is 2.37. The van der Waals surface area contributed by atoms with Gasteiger partial charge in [0.2, 0.25) is 0 Å². The number of imidazole rings is 1. The molecule has 0 spiro atoms. The zero-order valence-corrected chi connectivity index (χ0v) is 18.9. The Bertz CT molecular complexity index is 1180. The van der Waals surface area contributed by atoms with Crippen molar-refractivity contribution in [1.29, 1.82) is 5.41 Å². The lowest BCUT2D eigenvalue weighted by molar-refractivity contribution is 0.0735. The minimum absolute atomic E-state index is 0.0221. The van der Waals surface area contributed by atoms with Crippen molar-refractivity contribution in [1.82, 2.24) is 19.3 Å². The second kappa shape index (κ2) is 10.3. The van der Waals surface area contributed by atoms with Gasteiger partial charge in [-0.1, -0.05) is 6.92 Å². The van der Waals surface area contributed by atoms with E-state index < -0.39 is 11.6 Å². The highest BCUT2D eigenvalue weighted by Crippen LogP contribution is 2.23. The number of nitrogens with one attached hydrogen (secondary N) is 2. The lowest BCUT2D eigenvalue weighted by atomic mass is 10.1. The van der Waals surface area contributed by atoms with E-state index in [-0.39, 0.29) is 28.7 Å². The smallest absolute Gasteiger partial charge is 0.272 e. The molecular formula is C22H24F2N6O2S. The molecule has 1 amide bonds. The zero-order valence-electron chi connectivity index (χ0n) is 18.1. The van der Waals surface area contributed by atoms with Crippen LogP contribution in [0.4, 0.5) is 14.5 Å². The number of carbonyl (C=O) groups is 1. The van der Waals surface area contributed by atoms with Crippen molar-refractivity contribution >= 4 is 34.7 Å². The van der Waals surface area contributed by atoms with Gasteiger partial charge in [0.1, 0.15) is 11.5 Å². The van der Waals surface area contributed by atoms with Gasteiger partial charge >= 0.3 is 0 Å². The van der Waals surface area contributed by atoms with Crippen molar-refractivity contribution in [2.24, 2.45) is 0 Å². The number of fused-ring (bicyclic) bond motifs is 1. The Labute approximate surface area is 193 Å². The van der Waals surface area contributed by atoms with Crippen LogP contribution in [-0.4, -0.2) is 68.8 Å². The number of hydrogen-bond donors (Lipinski definition) is 2. The fraction of sp³-hybridized carbons (Fsp3) is 0.364. The standard InChI is InChI=1S/C22H24F2N6O2S/c1-2-33-13-28-17-9-18(22(31)29-4-3-6-32-7-5-29)26-10-15(17)20(25)19-11-27-21-16(24)8-14(23)12-30(19)21/h8-12,25H,2-7,13H2,1H3,(H,26,28). The second-order valence-corrected chi connectivity index (χ2v) is 8.68. The van der Waals surface area contributed by atoms with E-state index >= 15 is 0 Å². The summed E-state index contributed by atoms with van der Waals surface area (Å²) in [6.07, 6.45) is 4.61. The lowest BCUT2D eigenvalue weighted by Crippen LogP contribution is -2.33. The molecule has 1 fully saturated rings. The first-order chi connectivity index (χ1) is 16.0. The van der Waals surface area contributed by atoms with Crippen LogP contribution >= 0.6 is 11.8 Å². The Kier molecular flexibility index (Phi) is 7.19. The van der Waals surface area contributed by atoms with E-state index in [1.165, 1.54) is 16.8 Å². The molecule has 1 aliphatic rings. The number of rotatable bonds is 7. The molecule has 0 radical (unpaired) electrons. The number of aromatic nitrogens is 3. The van der Waals surface area contributed by atoms with Gasteiger partial charge in [-0.2, -0.15) is 0 Å². The van der Waals surface area contributed by atoms with Gasteiger partial charge in [0.25, 0.3) is 5.91 Å². The molecule has 2 N–H and O–H groups in total. The lowest BCUT2D eigenvalue weighted by Gasteiger charge is -2.20. The molecule has 1 saturated heterocycles. The van der Waals surface area contributed by atoms with Crippen molar-refractivity contribution in [2.75, 3.05) is 43.2 Å². The maximum atomic E-state index is 14.1. The Morgan fingerprint density at radius 1 is 1.24 bits per heavy atom. The molecule has 0 bridgehead atoms. The maximum absolute atomic E-state index is 14.1. The number of hydrogen-bond acceptors (Lipinski definition) is 7. The minimum atomic E-state index is -0.813. The van der Waals surface area contributed by atoms with Crippen molar-refractivity contribution in [3.8, 4) is 0 Å². The van der Waals surface area contributed by atoms with Crippen LogP contribution in [0.1, 0.15) is 35.1 Å². The molecule has 4 heterocycles. The van der Waals surface area contributed by atoms with Crippen LogP contribution in [0.25, 0.3) is 5.65 Å². The van der Waals surface area contributed by atoms with Gasteiger partial charge < -0.3 is 15.0 Å². The third-order valence-electron chi connectivity index (χ3n) is 5.25. The molecule has 0 saturated carbocycles. The largest absolute Gasteiger partial charge is 0.380 e. The summed E-state index contributed by atoms with van der Waals surface area (Å²) in [7, 11) is 0. The van der Waals surface area contributed by atoms with Gasteiger partial charge in [-0.25, -0.2) is 13.8 Å². The fourth-order valence-electron chi connectivity index (χ4n) is 3.60. The first-order valence-electron chi connectivity index (χ1n) is 10.6. The average Bonchev–Trinajstić information content (AvgIpc) is 3.04. The van der Waals surface area contributed by atoms with E-state index in [0.29, 0.717) is 43.4 Å². The number of halogens is 2. The number of pyridine rings is 2. The Balaban J connectivity index is 1.69. The van der Waals surface area contributed by atoms with Crippen LogP contribution in [0.15, 0.2) is 30.7 Å². The van der Waals surface area contributed by atoms with Crippen LogP contribution in [0.2, 0.25) is 0 Å². The molecule has 3 aromatic rings. The van der Waals surface area contributed by atoms with Crippen LogP contribution in [0, 0.1) is 17.0 Å². The summed E-state index contributed by atoms with van der Waals surface area (Å²) in [6.45, 7) is 4.21. The summed E-state index contributed by atoms with van der Waals surface area (Å²) in [4.78, 5) is 23.0. The van der Waals surface area contributed by atoms with Crippen LogP contribution in [-0.2, 0) is 4.74 Å². The molecule has 0 atom stereocenters. The number of carbonyl (C=O) groups excluding carboxylic acids is 1. The number of thioether (sulfide) groups is 1. The van der Waals surface area contributed by atoms with E-state index in [9.17, 15) is 13.6 Å². The van der Waals surface area contributed by atoms with E-state index in [1.807, 2.05) is 6.92 Å². The van der Waals surface area contributed by atoms with Gasteiger partial charge in [-0.3, -0.25) is 19.6 Å². The highest BCUT2D eigenvalue weighted by Gasteiger charge is 2.22. The van der Waals surface area contributed by atoms with Crippen molar-refractivity contribution < 1.29 is 18.3 Å². The maximum Gasteiger partial charge on any atom is 0.272 e. The van der Waals surface area contributed by atoms with Gasteiger partial charge in [0.15, 0.2) is 11.5 Å². The molecule has 174 valence electrons. The SMILES string of the molecule is CCSCNc1cc(C(=O)N2CCCOCC2)ncc1C(=N)c1cnc2c(F)cc(F)cn12. The molecule has 11 heteroatoms. The third kappa shape index (κ3) is 4.98. The molecule has 0 aliphatic carbocycles. The molecule has 0 unspecified atom stereocenters. The van der Waals surface area contributed by atoms with E-state index in [4.69, 9.17) is 10.1 Å². The molecule has 1 aliphatic heterocycles. The number of ether oxygens (including phenoxy) is 1. The van der Waals surface area contributed by atoms with Gasteiger partial charge in [0.05, 0.1) is 30.1 Å². The number of amides is 1. The summed E-state index contributed by atoms with van der Waals surface area (Å²) in [5.74, 6) is -0.347. The fourth-order valence-corrected chi connectivity index (χ4v) is 4.06. The van der Waals surface area contributed by atoms with E-state index in [2.05, 4.69) is 15.3 Å². The Morgan fingerprint density at radius 3 is 2.91 bits per heavy atom. The quantitative estimate of drug-likeness (QED) is 0.310. The zero-order chi connectivity index (χ0) is 23.4. The summed E-state index contributed by atoms with van der Waals surface area (Å²) in [5, 5.41) is 12.0. The predicted octanol–water partition coefficient (Wildman–Crippen LogP) is 3.41. The molecular weight excluding hydrogens is 450 g/mol. The third-order valence-corrected chi connectivity index (χ3v) is 6.01. The van der Waals surface area contributed by atoms with Crippen LogP contribution in [0.3, 0.4) is 0 Å². The first-order valence-corrected chi connectivity index (χ1v) is 11.7. The van der Waals surface area contributed by atoms with Crippen LogP contribution in [0.5, 0.6) is 0 Å². The molecule has 4 rings (SSSR count). The van der Waals surface area contributed by atoms with E-state index in [0.717, 1.165) is 24.4 Å². The van der Waals surface area contributed by atoms with E-state index in [1.54, 1.807) is 22.7 Å². The first kappa shape index (κ1) is 23.1. The predicted molar refractivity (Wildman–Crippen MR) is 123 cm³/mol. The molecule has 3 aromatic heterocycles. The van der Waals surface area contributed by atoms with Gasteiger partial charge in [0, 0.05) is 49.4 Å². The monoisotopic (exact) mass is 474 g/mol. The average molecular weight is 475 g/mol. The minimum Gasteiger partial charge on any atom is -0.380 e. The summed E-state index contributed by atoms with van der Waals surface area (Å²) in [5.41, 5.74) is 1.31.